The van der Waals surface area contributed by atoms with E-state index in [0.29, 0.717) is 23.4 Å². The lowest BCUT2D eigenvalue weighted by molar-refractivity contribution is -0.133. The van der Waals surface area contributed by atoms with Crippen molar-refractivity contribution in [1.82, 2.24) is 14.8 Å². The van der Waals surface area contributed by atoms with E-state index in [-0.39, 0.29) is 5.91 Å². The number of aromatic nitrogens is 1. The van der Waals surface area contributed by atoms with Gasteiger partial charge in [0.15, 0.2) is 5.13 Å². The van der Waals surface area contributed by atoms with Gasteiger partial charge in [0.1, 0.15) is 0 Å². The highest BCUT2D eigenvalue weighted by Crippen LogP contribution is 2.33. The van der Waals surface area contributed by atoms with Crippen molar-refractivity contribution in [2.24, 2.45) is 5.41 Å². The van der Waals surface area contributed by atoms with Crippen molar-refractivity contribution in [3.8, 4) is 10.6 Å². The van der Waals surface area contributed by atoms with Crippen molar-refractivity contribution in [1.29, 1.82) is 0 Å². The Bertz CT molecular complexity index is 725. The van der Waals surface area contributed by atoms with Crippen LogP contribution in [-0.4, -0.2) is 53.4 Å². The predicted octanol–water partition coefficient (Wildman–Crippen LogP) is 3.58. The van der Waals surface area contributed by atoms with Crippen LogP contribution in [0.2, 0.25) is 0 Å². The van der Waals surface area contributed by atoms with Crippen molar-refractivity contribution >= 4 is 33.7 Å². The molecule has 0 spiro atoms. The number of thiazole rings is 1. The van der Waals surface area contributed by atoms with Gasteiger partial charge in [-0.15, -0.1) is 22.7 Å². The van der Waals surface area contributed by atoms with Gasteiger partial charge in [-0.05, 0) is 23.3 Å². The maximum atomic E-state index is 12.6. The van der Waals surface area contributed by atoms with Crippen LogP contribution in [-0.2, 0) is 11.2 Å². The summed E-state index contributed by atoms with van der Waals surface area (Å²) in [6.45, 7) is 11.5. The molecule has 0 bridgehead atoms. The van der Waals surface area contributed by atoms with E-state index in [1.807, 2.05) is 16.3 Å². The average Bonchev–Trinajstić information content (AvgIpc) is 3.21. The van der Waals surface area contributed by atoms with Crippen LogP contribution in [0.3, 0.4) is 0 Å². The standard InChI is InChI=1S/C19H28N4OS2/c1-19(2,3)13-22-8-10-23(11-9-22)16(24)7-6-15-17(21-18(20)26-15)14-5-4-12-25-14/h4-5,12H,6-11,13H2,1-3H3,(H2,20,21). The van der Waals surface area contributed by atoms with Gasteiger partial charge in [0.25, 0.3) is 0 Å². The summed E-state index contributed by atoms with van der Waals surface area (Å²) in [5.74, 6) is 0.240. The maximum absolute atomic E-state index is 12.6. The van der Waals surface area contributed by atoms with Crippen LogP contribution in [0.25, 0.3) is 10.6 Å². The normalized spacial score (nSPS) is 16.2. The summed E-state index contributed by atoms with van der Waals surface area (Å²) in [5, 5.41) is 2.61. The summed E-state index contributed by atoms with van der Waals surface area (Å²) in [4.78, 5) is 23.8. The van der Waals surface area contributed by atoms with Gasteiger partial charge in [-0.25, -0.2) is 4.98 Å². The molecule has 5 nitrogen and oxygen atoms in total. The van der Waals surface area contributed by atoms with Crippen LogP contribution in [0.5, 0.6) is 0 Å². The highest BCUT2D eigenvalue weighted by Gasteiger charge is 2.24. The van der Waals surface area contributed by atoms with Crippen LogP contribution in [0.15, 0.2) is 17.5 Å². The van der Waals surface area contributed by atoms with Crippen LogP contribution in [0.1, 0.15) is 32.1 Å². The summed E-state index contributed by atoms with van der Waals surface area (Å²) in [7, 11) is 0. The molecule has 2 N–H and O–H groups in total. The number of nitrogen functional groups attached to an aromatic ring is 1. The molecule has 0 saturated carbocycles. The van der Waals surface area contributed by atoms with Gasteiger partial charge >= 0.3 is 0 Å². The third kappa shape index (κ3) is 5.05. The molecule has 142 valence electrons. The molecule has 0 unspecified atom stereocenters. The number of hydrogen-bond acceptors (Lipinski definition) is 6. The zero-order valence-electron chi connectivity index (χ0n) is 15.8. The van der Waals surface area contributed by atoms with Crippen molar-refractivity contribution in [2.45, 2.75) is 33.6 Å². The summed E-state index contributed by atoms with van der Waals surface area (Å²) in [6, 6.07) is 4.07. The second kappa shape index (κ2) is 8.06. The third-order valence-electron chi connectivity index (χ3n) is 4.46. The van der Waals surface area contributed by atoms with Gasteiger partial charge in [0.05, 0.1) is 10.6 Å². The Morgan fingerprint density at radius 3 is 2.62 bits per heavy atom. The molecule has 2 aromatic heterocycles. The highest BCUT2D eigenvalue weighted by molar-refractivity contribution is 7.17. The third-order valence-corrected chi connectivity index (χ3v) is 6.28. The van der Waals surface area contributed by atoms with Gasteiger partial charge in [-0.3, -0.25) is 9.69 Å². The number of thiophene rings is 1. The Labute approximate surface area is 163 Å². The topological polar surface area (TPSA) is 62.5 Å². The van der Waals surface area contributed by atoms with E-state index in [4.69, 9.17) is 5.73 Å². The number of hydrogen-bond donors (Lipinski definition) is 1. The zero-order valence-corrected chi connectivity index (χ0v) is 17.5. The monoisotopic (exact) mass is 392 g/mol. The molecule has 1 fully saturated rings. The lowest BCUT2D eigenvalue weighted by Crippen LogP contribution is -2.50. The highest BCUT2D eigenvalue weighted by atomic mass is 32.1. The number of amides is 1. The molecule has 1 aliphatic rings. The minimum absolute atomic E-state index is 0.240. The van der Waals surface area contributed by atoms with E-state index in [2.05, 4.69) is 36.7 Å². The van der Waals surface area contributed by atoms with Gasteiger partial charge in [0, 0.05) is 44.0 Å². The van der Waals surface area contributed by atoms with Crippen molar-refractivity contribution in [3.63, 3.8) is 0 Å². The number of nitrogens with zero attached hydrogens (tertiary/aromatic N) is 3. The van der Waals surface area contributed by atoms with Gasteiger partial charge in [0.2, 0.25) is 5.91 Å². The van der Waals surface area contributed by atoms with Crippen LogP contribution in [0, 0.1) is 5.41 Å². The largest absolute Gasteiger partial charge is 0.375 e. The van der Waals surface area contributed by atoms with Crippen LogP contribution < -0.4 is 5.73 Å². The number of carbonyl (C=O) groups excluding carboxylic acids is 1. The molecule has 3 rings (SSSR count). The molecule has 1 aliphatic heterocycles. The smallest absolute Gasteiger partial charge is 0.223 e. The molecule has 0 aliphatic carbocycles. The molecule has 1 amide bonds. The number of rotatable bonds is 5. The number of piperazine rings is 1. The molecular weight excluding hydrogens is 364 g/mol. The number of nitrogens with two attached hydrogens (primary N) is 1. The van der Waals surface area contributed by atoms with Crippen molar-refractivity contribution in [3.05, 3.63) is 22.4 Å². The lowest BCUT2D eigenvalue weighted by Gasteiger charge is -2.37. The molecule has 26 heavy (non-hydrogen) atoms. The molecule has 2 aromatic rings. The SMILES string of the molecule is CC(C)(C)CN1CCN(C(=O)CCc2sc(N)nc2-c2cccs2)CC1. The van der Waals surface area contributed by atoms with E-state index in [9.17, 15) is 4.79 Å². The molecular formula is C19H28N4OS2. The van der Waals surface area contributed by atoms with Crippen molar-refractivity contribution < 1.29 is 4.79 Å². The summed E-state index contributed by atoms with van der Waals surface area (Å²) >= 11 is 3.16. The Morgan fingerprint density at radius 1 is 1.27 bits per heavy atom. The van der Waals surface area contributed by atoms with Gasteiger partial charge in [-0.1, -0.05) is 26.8 Å². The first-order valence-corrected chi connectivity index (χ1v) is 10.8. The number of anilines is 1. The zero-order chi connectivity index (χ0) is 18.7. The minimum Gasteiger partial charge on any atom is -0.375 e. The fourth-order valence-corrected chi connectivity index (χ4v) is 5.00. The first-order valence-electron chi connectivity index (χ1n) is 9.11. The molecule has 0 aromatic carbocycles. The number of carbonyl (C=O) groups is 1. The van der Waals surface area contributed by atoms with Gasteiger partial charge in [-0.2, -0.15) is 0 Å². The average molecular weight is 393 g/mol. The van der Waals surface area contributed by atoms with Gasteiger partial charge < -0.3 is 10.6 Å². The van der Waals surface area contributed by atoms with Crippen LogP contribution >= 0.6 is 22.7 Å². The lowest BCUT2D eigenvalue weighted by atomic mass is 9.96. The quantitative estimate of drug-likeness (QED) is 0.845. The fraction of sp³-hybridized carbons (Fsp3) is 0.579. The van der Waals surface area contributed by atoms with Crippen LogP contribution in [0.4, 0.5) is 5.13 Å². The van der Waals surface area contributed by atoms with Crippen molar-refractivity contribution in [2.75, 3.05) is 38.5 Å². The first kappa shape index (κ1) is 19.3. The van der Waals surface area contributed by atoms with E-state index in [0.717, 1.165) is 48.2 Å². The fourth-order valence-electron chi connectivity index (χ4n) is 3.35. The molecule has 7 heteroatoms. The maximum Gasteiger partial charge on any atom is 0.223 e. The van der Waals surface area contributed by atoms with E-state index < -0.39 is 0 Å². The predicted molar refractivity (Wildman–Crippen MR) is 111 cm³/mol. The second-order valence-electron chi connectivity index (χ2n) is 8.02. The minimum atomic E-state index is 0.240. The molecule has 1 saturated heterocycles. The molecule has 0 radical (unpaired) electrons. The second-order valence-corrected chi connectivity index (χ2v) is 10.1. The Balaban J connectivity index is 1.53. The summed E-state index contributed by atoms with van der Waals surface area (Å²) in [5.41, 5.74) is 7.16. The number of aryl methyl sites for hydroxylation is 1. The molecule has 0 atom stereocenters. The Morgan fingerprint density at radius 2 is 2.00 bits per heavy atom. The summed E-state index contributed by atoms with van der Waals surface area (Å²) < 4.78 is 0. The Hall–Kier alpha value is -1.44. The van der Waals surface area contributed by atoms with E-state index >= 15 is 0 Å². The van der Waals surface area contributed by atoms with E-state index in [1.165, 1.54) is 11.3 Å². The molecule has 3 heterocycles. The first-order chi connectivity index (χ1) is 12.3. The Kier molecular flexibility index (Phi) is 5.99. The summed E-state index contributed by atoms with van der Waals surface area (Å²) in [6.07, 6.45) is 1.24. The van der Waals surface area contributed by atoms with E-state index in [1.54, 1.807) is 11.3 Å².